The van der Waals surface area contributed by atoms with Crippen molar-refractivity contribution in [1.82, 2.24) is 0 Å². The summed E-state index contributed by atoms with van der Waals surface area (Å²) in [6.07, 6.45) is 3.93. The first-order valence-corrected chi connectivity index (χ1v) is 4.90. The molecule has 0 nitrogen and oxygen atoms in total. The molecule has 0 spiro atoms. The maximum absolute atomic E-state index is 5.86. The Morgan fingerprint density at radius 2 is 1.70 bits per heavy atom. The van der Waals surface area contributed by atoms with E-state index in [1.54, 1.807) is 0 Å². The van der Waals surface area contributed by atoms with Gasteiger partial charge in [-0.2, -0.15) is 0 Å². The van der Waals surface area contributed by atoms with Crippen molar-refractivity contribution in [1.29, 1.82) is 0 Å². The van der Waals surface area contributed by atoms with Gasteiger partial charge >= 0.3 is 0 Å². The SMILES string of the molecule is CCC(Cl)CCCC(Cl)Cl. The van der Waals surface area contributed by atoms with Crippen molar-refractivity contribution in [2.24, 2.45) is 0 Å². The van der Waals surface area contributed by atoms with Crippen LogP contribution >= 0.6 is 34.8 Å². The van der Waals surface area contributed by atoms with Crippen molar-refractivity contribution in [2.75, 3.05) is 0 Å². The monoisotopic (exact) mass is 202 g/mol. The van der Waals surface area contributed by atoms with E-state index in [0.29, 0.717) is 5.38 Å². The summed E-state index contributed by atoms with van der Waals surface area (Å²) in [6, 6.07) is 0. The summed E-state index contributed by atoms with van der Waals surface area (Å²) in [6.45, 7) is 2.08. The summed E-state index contributed by atoms with van der Waals surface area (Å²) in [5, 5.41) is 0.298. The van der Waals surface area contributed by atoms with Gasteiger partial charge in [0.2, 0.25) is 0 Å². The Bertz CT molecular complexity index is 73.3. The van der Waals surface area contributed by atoms with Crippen LogP contribution in [0.2, 0.25) is 0 Å². The minimum Gasteiger partial charge on any atom is -0.123 e. The molecule has 1 atom stereocenters. The van der Waals surface area contributed by atoms with Crippen LogP contribution in [0.25, 0.3) is 0 Å². The first-order chi connectivity index (χ1) is 4.66. The highest BCUT2D eigenvalue weighted by Gasteiger charge is 2.02. The molecule has 3 heteroatoms. The third kappa shape index (κ3) is 6.98. The van der Waals surface area contributed by atoms with E-state index in [-0.39, 0.29) is 4.84 Å². The highest BCUT2D eigenvalue weighted by atomic mass is 35.5. The van der Waals surface area contributed by atoms with Gasteiger partial charge in [-0.1, -0.05) is 6.92 Å². The summed E-state index contributed by atoms with van der Waals surface area (Å²) in [5.41, 5.74) is 0. The molecular weight excluding hydrogens is 190 g/mol. The number of alkyl halides is 3. The Kier molecular flexibility index (Phi) is 7.14. The molecule has 0 saturated carbocycles. The summed E-state index contributed by atoms with van der Waals surface area (Å²) in [4.78, 5) is -0.222. The van der Waals surface area contributed by atoms with E-state index in [4.69, 9.17) is 34.8 Å². The van der Waals surface area contributed by atoms with Gasteiger partial charge in [0.15, 0.2) is 0 Å². The second-order valence-electron chi connectivity index (χ2n) is 2.33. The van der Waals surface area contributed by atoms with Gasteiger partial charge in [-0.25, -0.2) is 0 Å². The fourth-order valence-electron chi connectivity index (χ4n) is 0.698. The Labute approximate surface area is 77.8 Å². The fourth-order valence-corrected chi connectivity index (χ4v) is 1.16. The van der Waals surface area contributed by atoms with Gasteiger partial charge < -0.3 is 0 Å². The normalized spacial score (nSPS) is 14.1. The van der Waals surface area contributed by atoms with Crippen molar-refractivity contribution in [3.63, 3.8) is 0 Å². The van der Waals surface area contributed by atoms with Crippen LogP contribution in [0, 0.1) is 0 Å². The summed E-state index contributed by atoms with van der Waals surface area (Å²) >= 11 is 16.9. The van der Waals surface area contributed by atoms with Crippen LogP contribution in [0.1, 0.15) is 32.6 Å². The van der Waals surface area contributed by atoms with Crippen LogP contribution in [0.15, 0.2) is 0 Å². The lowest BCUT2D eigenvalue weighted by Crippen LogP contribution is -1.97. The summed E-state index contributed by atoms with van der Waals surface area (Å²) in [5.74, 6) is 0. The van der Waals surface area contributed by atoms with Crippen molar-refractivity contribution in [2.45, 2.75) is 42.8 Å². The lowest BCUT2D eigenvalue weighted by Gasteiger charge is -2.05. The average molecular weight is 204 g/mol. The molecule has 0 radical (unpaired) electrons. The van der Waals surface area contributed by atoms with Gasteiger partial charge in [-0.05, 0) is 25.7 Å². The topological polar surface area (TPSA) is 0 Å². The highest BCUT2D eigenvalue weighted by molar-refractivity contribution is 6.44. The van der Waals surface area contributed by atoms with Crippen molar-refractivity contribution in [3.05, 3.63) is 0 Å². The predicted octanol–water partition coefficient (Wildman–Crippen LogP) is 3.98. The standard InChI is InChI=1S/C7H13Cl3/c1-2-6(8)4-3-5-7(9)10/h6-7H,2-5H2,1H3. The Hall–Kier alpha value is 0.870. The molecule has 0 fully saturated rings. The smallest absolute Gasteiger partial charge is 0.107 e. The second-order valence-corrected chi connectivity index (χ2v) is 4.22. The molecule has 0 aliphatic carbocycles. The number of hydrogen-bond acceptors (Lipinski definition) is 0. The van der Waals surface area contributed by atoms with Crippen molar-refractivity contribution < 1.29 is 0 Å². The third-order valence-electron chi connectivity index (χ3n) is 1.38. The Balaban J connectivity index is 3.03. The molecule has 1 unspecified atom stereocenters. The van der Waals surface area contributed by atoms with Crippen molar-refractivity contribution >= 4 is 34.8 Å². The van der Waals surface area contributed by atoms with Crippen molar-refractivity contribution in [3.8, 4) is 0 Å². The van der Waals surface area contributed by atoms with Gasteiger partial charge in [-0.3, -0.25) is 0 Å². The molecule has 0 rings (SSSR count). The second kappa shape index (κ2) is 6.57. The maximum Gasteiger partial charge on any atom is 0.107 e. The molecule has 0 N–H and O–H groups in total. The minimum absolute atomic E-state index is 0.222. The molecule has 0 bridgehead atoms. The number of halogens is 3. The summed E-state index contributed by atoms with van der Waals surface area (Å²) < 4.78 is 0. The van der Waals surface area contributed by atoms with Gasteiger partial charge in [0.25, 0.3) is 0 Å². The number of hydrogen-bond donors (Lipinski definition) is 0. The quantitative estimate of drug-likeness (QED) is 0.593. The van der Waals surface area contributed by atoms with Crippen LogP contribution in [0.4, 0.5) is 0 Å². The Morgan fingerprint density at radius 3 is 2.10 bits per heavy atom. The zero-order valence-corrected chi connectivity index (χ0v) is 8.38. The highest BCUT2D eigenvalue weighted by Crippen LogP contribution is 2.15. The van der Waals surface area contributed by atoms with E-state index < -0.39 is 0 Å². The largest absolute Gasteiger partial charge is 0.123 e. The van der Waals surface area contributed by atoms with Crippen LogP contribution in [0.5, 0.6) is 0 Å². The van der Waals surface area contributed by atoms with Gasteiger partial charge in [0, 0.05) is 5.38 Å². The van der Waals surface area contributed by atoms with E-state index >= 15 is 0 Å². The molecule has 0 saturated heterocycles. The number of rotatable bonds is 5. The van der Waals surface area contributed by atoms with Gasteiger partial charge in [0.05, 0.1) is 0 Å². The predicted molar refractivity (Wildman–Crippen MR) is 49.3 cm³/mol. The van der Waals surface area contributed by atoms with E-state index in [1.807, 2.05) is 0 Å². The molecule has 0 heterocycles. The van der Waals surface area contributed by atoms with Crippen LogP contribution < -0.4 is 0 Å². The molecule has 0 aromatic heterocycles. The minimum atomic E-state index is -0.222. The van der Waals surface area contributed by atoms with Crippen LogP contribution in [0.3, 0.4) is 0 Å². The molecular formula is C7H13Cl3. The average Bonchev–Trinajstić information content (AvgIpc) is 1.87. The first kappa shape index (κ1) is 10.9. The third-order valence-corrected chi connectivity index (χ3v) is 2.35. The lowest BCUT2D eigenvalue weighted by atomic mass is 10.2. The van der Waals surface area contributed by atoms with Gasteiger partial charge in [0.1, 0.15) is 4.84 Å². The zero-order chi connectivity index (χ0) is 7.98. The fraction of sp³-hybridized carbons (Fsp3) is 1.00. The molecule has 0 aliphatic rings. The van der Waals surface area contributed by atoms with Crippen LogP contribution in [-0.2, 0) is 0 Å². The molecule has 10 heavy (non-hydrogen) atoms. The van der Waals surface area contributed by atoms with Gasteiger partial charge in [-0.15, -0.1) is 34.8 Å². The van der Waals surface area contributed by atoms with Crippen LogP contribution in [-0.4, -0.2) is 10.2 Å². The first-order valence-electron chi connectivity index (χ1n) is 3.59. The molecule has 62 valence electrons. The zero-order valence-electron chi connectivity index (χ0n) is 6.12. The molecule has 0 aromatic rings. The lowest BCUT2D eigenvalue weighted by molar-refractivity contribution is 0.657. The van der Waals surface area contributed by atoms with E-state index in [9.17, 15) is 0 Å². The maximum atomic E-state index is 5.86. The van der Waals surface area contributed by atoms with E-state index in [0.717, 1.165) is 25.7 Å². The van der Waals surface area contributed by atoms with E-state index in [2.05, 4.69) is 6.92 Å². The van der Waals surface area contributed by atoms with E-state index in [1.165, 1.54) is 0 Å². The molecule has 0 amide bonds. The molecule has 0 aliphatic heterocycles. The Morgan fingerprint density at radius 1 is 1.10 bits per heavy atom. The molecule has 0 aromatic carbocycles. The summed E-state index contributed by atoms with van der Waals surface area (Å²) in [7, 11) is 0.